The number of fused-ring (bicyclic) bond motifs is 12. The van der Waals surface area contributed by atoms with E-state index in [9.17, 15) is 0 Å². The highest BCUT2D eigenvalue weighted by Crippen LogP contribution is 2.59. The van der Waals surface area contributed by atoms with E-state index in [-0.39, 0.29) is 17.4 Å². The lowest BCUT2D eigenvalue weighted by molar-refractivity contribution is 0.549. The molecular weight excluding hydrogens is 661 g/mol. The highest BCUT2D eigenvalue weighted by molar-refractivity contribution is 6.10. The lowest BCUT2D eigenvalue weighted by Gasteiger charge is -2.38. The minimum absolute atomic E-state index is 0.0324. The summed E-state index contributed by atoms with van der Waals surface area (Å²) in [5.41, 5.74) is 15.2. The average Bonchev–Trinajstić information content (AvgIpc) is 3.93. The van der Waals surface area contributed by atoms with E-state index in [4.69, 9.17) is 14.4 Å². The van der Waals surface area contributed by atoms with E-state index in [1.807, 2.05) is 18.2 Å². The van der Waals surface area contributed by atoms with Crippen molar-refractivity contribution in [2.45, 2.75) is 31.2 Å². The lowest BCUT2D eigenvalue weighted by atomic mass is 9.73. The quantitative estimate of drug-likeness (QED) is 0.185. The van der Waals surface area contributed by atoms with Crippen molar-refractivity contribution < 1.29 is 4.42 Å². The Hall–Kier alpha value is -6.72. The van der Waals surface area contributed by atoms with Crippen LogP contribution in [0.3, 0.4) is 0 Å². The maximum atomic E-state index is 6.56. The molecule has 2 unspecified atom stereocenters. The van der Waals surface area contributed by atoms with Crippen LogP contribution in [-0.2, 0) is 5.41 Å². The lowest BCUT2D eigenvalue weighted by Crippen LogP contribution is -2.39. The van der Waals surface area contributed by atoms with E-state index in [1.54, 1.807) is 0 Å². The van der Waals surface area contributed by atoms with Gasteiger partial charge in [-0.1, -0.05) is 135 Å². The van der Waals surface area contributed by atoms with Crippen molar-refractivity contribution in [2.75, 3.05) is 4.90 Å². The molecule has 0 bridgehead atoms. The van der Waals surface area contributed by atoms with E-state index in [0.29, 0.717) is 11.5 Å². The monoisotopic (exact) mass is 694 g/mol. The Morgan fingerprint density at radius 2 is 1.35 bits per heavy atom. The summed E-state index contributed by atoms with van der Waals surface area (Å²) in [4.78, 5) is 13.5. The smallest absolute Gasteiger partial charge is 0.231 e. The highest BCUT2D eigenvalue weighted by atomic mass is 16.3. The van der Waals surface area contributed by atoms with Crippen LogP contribution in [0.25, 0.3) is 66.4 Å². The van der Waals surface area contributed by atoms with Crippen LogP contribution in [0.1, 0.15) is 36.5 Å². The summed E-state index contributed by atoms with van der Waals surface area (Å²) in [5, 5.41) is 3.48. The number of rotatable bonds is 3. The van der Waals surface area contributed by atoms with Gasteiger partial charge in [-0.25, -0.2) is 9.97 Å². The van der Waals surface area contributed by atoms with Crippen molar-refractivity contribution in [1.82, 2.24) is 14.5 Å². The first-order valence-electron chi connectivity index (χ1n) is 18.8. The maximum Gasteiger partial charge on any atom is 0.231 e. The Labute approximate surface area is 312 Å². The van der Waals surface area contributed by atoms with Crippen molar-refractivity contribution in [3.63, 3.8) is 0 Å². The number of hydrogen-bond donors (Lipinski definition) is 0. The summed E-state index contributed by atoms with van der Waals surface area (Å²) >= 11 is 0. The third kappa shape index (κ3) is 3.88. The van der Waals surface area contributed by atoms with Crippen LogP contribution < -0.4 is 4.90 Å². The van der Waals surface area contributed by atoms with E-state index in [2.05, 4.69) is 163 Å². The number of hydrogen-bond acceptors (Lipinski definition) is 4. The second-order valence-corrected chi connectivity index (χ2v) is 15.3. The molecule has 0 saturated carbocycles. The van der Waals surface area contributed by atoms with E-state index in [0.717, 1.165) is 39.1 Å². The fourth-order valence-corrected chi connectivity index (χ4v) is 9.87. The van der Waals surface area contributed by atoms with Gasteiger partial charge in [-0.15, -0.1) is 0 Å². The van der Waals surface area contributed by atoms with Crippen molar-refractivity contribution in [2.24, 2.45) is 0 Å². The molecule has 54 heavy (non-hydrogen) atoms. The molecule has 5 nitrogen and oxygen atoms in total. The van der Waals surface area contributed by atoms with E-state index >= 15 is 0 Å². The molecule has 256 valence electrons. The Morgan fingerprint density at radius 3 is 2.15 bits per heavy atom. The molecule has 0 N–H and O–H groups in total. The summed E-state index contributed by atoms with van der Waals surface area (Å²) in [5.74, 6) is 0.787. The maximum absolute atomic E-state index is 6.56. The summed E-state index contributed by atoms with van der Waals surface area (Å²) in [7, 11) is 0. The highest BCUT2D eigenvalue weighted by Gasteiger charge is 2.51. The molecule has 5 heteroatoms. The Kier molecular flexibility index (Phi) is 5.89. The molecule has 9 aromatic rings. The van der Waals surface area contributed by atoms with E-state index < -0.39 is 0 Å². The van der Waals surface area contributed by atoms with E-state index in [1.165, 1.54) is 49.6 Å². The van der Waals surface area contributed by atoms with Gasteiger partial charge in [0.2, 0.25) is 5.95 Å². The van der Waals surface area contributed by atoms with Gasteiger partial charge in [0.05, 0.1) is 22.8 Å². The summed E-state index contributed by atoms with van der Waals surface area (Å²) in [6.07, 6.45) is 4.80. The topological polar surface area (TPSA) is 47.1 Å². The first kappa shape index (κ1) is 29.8. The minimum atomic E-state index is -0.204. The molecule has 6 aromatic carbocycles. The average molecular weight is 695 g/mol. The van der Waals surface area contributed by atoms with Crippen molar-refractivity contribution in [1.29, 1.82) is 0 Å². The van der Waals surface area contributed by atoms with Crippen LogP contribution in [0, 0.1) is 0 Å². The molecule has 3 aliphatic rings. The van der Waals surface area contributed by atoms with Gasteiger partial charge in [0.15, 0.2) is 5.58 Å². The van der Waals surface area contributed by atoms with Crippen molar-refractivity contribution in [3.05, 3.63) is 180 Å². The van der Waals surface area contributed by atoms with Gasteiger partial charge in [-0.3, -0.25) is 0 Å². The predicted octanol–water partition coefficient (Wildman–Crippen LogP) is 12.1. The van der Waals surface area contributed by atoms with Crippen LogP contribution in [0.15, 0.2) is 168 Å². The second kappa shape index (κ2) is 10.7. The fourth-order valence-electron chi connectivity index (χ4n) is 9.87. The van der Waals surface area contributed by atoms with Crippen LogP contribution >= 0.6 is 0 Å². The Balaban J connectivity index is 1.16. The largest absolute Gasteiger partial charge is 0.452 e. The standard InChI is InChI=1S/C49H34N4O/c1-49(2)38-20-10-6-16-31(38)35-26-27-36-34-25-24-30(52-39-21-11-7-17-32(39)33-18-8-12-22-40(33)52)28-41(34)53(46(36)43(35)49)48-50-44(29-14-4-3-5-15-29)47-45(51-48)37-19-9-13-23-42(37)54-47/h3-28,36,46H,1-2H3. The predicted molar refractivity (Wildman–Crippen MR) is 220 cm³/mol. The SMILES string of the molecule is CC1(C)C2=C(C=CC3c4ccc(-n5c6ccccc6c6ccccc65)cc4N(c4nc(-c5ccccc5)c5oc6ccccc6c5n4)C23)c2ccccc21. The van der Waals surface area contributed by atoms with Gasteiger partial charge >= 0.3 is 0 Å². The van der Waals surface area contributed by atoms with Gasteiger partial charge in [0, 0.05) is 38.7 Å². The van der Waals surface area contributed by atoms with Crippen molar-refractivity contribution >= 4 is 61.1 Å². The number of para-hydroxylation sites is 3. The normalized spacial score (nSPS) is 18.1. The molecule has 0 amide bonds. The third-order valence-electron chi connectivity index (χ3n) is 12.2. The Bertz CT molecular complexity index is 3050. The van der Waals surface area contributed by atoms with Gasteiger partial charge in [-0.05, 0) is 64.2 Å². The zero-order valence-corrected chi connectivity index (χ0v) is 29.9. The van der Waals surface area contributed by atoms with Crippen LogP contribution in [-0.4, -0.2) is 20.6 Å². The van der Waals surface area contributed by atoms with Crippen molar-refractivity contribution in [3.8, 4) is 16.9 Å². The first-order chi connectivity index (χ1) is 26.6. The Morgan fingerprint density at radius 1 is 0.667 bits per heavy atom. The summed E-state index contributed by atoms with van der Waals surface area (Å²) < 4.78 is 8.97. The number of benzene rings is 6. The molecule has 0 radical (unpaired) electrons. The molecule has 2 atom stereocenters. The molecule has 4 heterocycles. The number of anilines is 2. The third-order valence-corrected chi connectivity index (χ3v) is 12.2. The van der Waals surface area contributed by atoms with Crippen LogP contribution in [0.4, 0.5) is 11.6 Å². The summed E-state index contributed by atoms with van der Waals surface area (Å²) in [6, 6.07) is 51.9. The van der Waals surface area contributed by atoms with Crippen LogP contribution in [0.5, 0.6) is 0 Å². The zero-order valence-electron chi connectivity index (χ0n) is 29.9. The van der Waals surface area contributed by atoms with Gasteiger partial charge in [0.1, 0.15) is 16.8 Å². The van der Waals surface area contributed by atoms with Crippen LogP contribution in [0.2, 0.25) is 0 Å². The van der Waals surface area contributed by atoms with Gasteiger partial charge < -0.3 is 13.9 Å². The molecule has 2 aliphatic carbocycles. The molecule has 3 aromatic heterocycles. The van der Waals surface area contributed by atoms with Gasteiger partial charge in [-0.2, -0.15) is 0 Å². The number of allylic oxidation sites excluding steroid dienone is 2. The fraction of sp³-hybridized carbons (Fsp3) is 0.102. The number of nitrogens with zero attached hydrogens (tertiary/aromatic N) is 4. The molecule has 0 spiro atoms. The molecule has 12 rings (SSSR count). The molecule has 1 aliphatic heterocycles. The summed E-state index contributed by atoms with van der Waals surface area (Å²) in [6.45, 7) is 4.77. The van der Waals surface area contributed by atoms with Gasteiger partial charge in [0.25, 0.3) is 0 Å². The molecule has 0 saturated heterocycles. The molecular formula is C49H34N4O. The minimum Gasteiger partial charge on any atom is -0.452 e. The zero-order chi connectivity index (χ0) is 35.7. The second-order valence-electron chi connectivity index (χ2n) is 15.3. The number of aromatic nitrogens is 3. The number of furan rings is 1. The molecule has 0 fully saturated rings. The first-order valence-corrected chi connectivity index (χ1v) is 18.8.